The molecule has 2 aromatic carbocycles. The smallest absolute Gasteiger partial charge is 0.326 e. The zero-order valence-electron chi connectivity index (χ0n) is 21.1. The minimum atomic E-state index is -1.42. The number of aliphatic hydroxyl groups excluding tert-OH is 1. The summed E-state index contributed by atoms with van der Waals surface area (Å²) in [4.78, 5) is 52.2. The summed E-state index contributed by atoms with van der Waals surface area (Å²) in [6.07, 6.45) is -0.312. The molecule has 2 aromatic rings. The van der Waals surface area contributed by atoms with Gasteiger partial charge in [-0.1, -0.05) is 42.5 Å². The van der Waals surface area contributed by atoms with Crippen molar-refractivity contribution in [1.82, 2.24) is 15.5 Å². The number of nitrogens with two attached hydrogens (primary N) is 1. The van der Waals surface area contributed by atoms with Crippen LogP contribution in [0.1, 0.15) is 30.9 Å². The summed E-state index contributed by atoms with van der Waals surface area (Å²) >= 11 is 0. The molecule has 0 aromatic heterocycles. The molecule has 5 atom stereocenters. The summed E-state index contributed by atoms with van der Waals surface area (Å²) in [5.74, 6) is -3.17. The summed E-state index contributed by atoms with van der Waals surface area (Å²) in [5.41, 5.74) is 7.56. The highest BCUT2D eigenvalue weighted by Gasteiger charge is 2.40. The number of carboxylic acid groups (broad SMARTS) is 1. The second-order valence-corrected chi connectivity index (χ2v) is 9.48. The van der Waals surface area contributed by atoms with Crippen molar-refractivity contribution in [3.05, 3.63) is 65.7 Å². The third-order valence-electron chi connectivity index (χ3n) is 6.51. The summed E-state index contributed by atoms with van der Waals surface area (Å²) in [6, 6.07) is 10.6. The summed E-state index contributed by atoms with van der Waals surface area (Å²) in [6.45, 7) is 1.51. The number of carboxylic acids is 1. The van der Waals surface area contributed by atoms with Gasteiger partial charge in [0, 0.05) is 13.0 Å². The van der Waals surface area contributed by atoms with Crippen LogP contribution in [0.25, 0.3) is 0 Å². The molecule has 11 heteroatoms. The topological polar surface area (TPSA) is 182 Å². The molecular weight excluding hydrogens is 492 g/mol. The molecule has 0 spiro atoms. The van der Waals surface area contributed by atoms with Crippen molar-refractivity contribution in [3.8, 4) is 5.75 Å². The van der Waals surface area contributed by atoms with Crippen LogP contribution in [0.3, 0.4) is 0 Å². The lowest BCUT2D eigenvalue weighted by atomic mass is 10.0. The van der Waals surface area contributed by atoms with Gasteiger partial charge in [0.05, 0.1) is 12.1 Å². The van der Waals surface area contributed by atoms with E-state index in [1.54, 1.807) is 12.1 Å². The predicted molar refractivity (Wildman–Crippen MR) is 138 cm³/mol. The zero-order valence-corrected chi connectivity index (χ0v) is 21.1. The number of amides is 3. The first kappa shape index (κ1) is 28.6. The number of aliphatic carboxylic acids is 1. The Balaban J connectivity index is 1.77. The molecule has 1 saturated heterocycles. The van der Waals surface area contributed by atoms with Gasteiger partial charge in [0.15, 0.2) is 0 Å². The normalized spacial score (nSPS) is 18.2. The number of phenolic OH excluding ortho intramolecular Hbond substituents is 1. The lowest BCUT2D eigenvalue weighted by Gasteiger charge is -2.30. The second-order valence-electron chi connectivity index (χ2n) is 9.48. The van der Waals surface area contributed by atoms with Crippen molar-refractivity contribution in [2.75, 3.05) is 6.54 Å². The number of carbonyl (C=O) groups is 4. The molecule has 1 fully saturated rings. The van der Waals surface area contributed by atoms with Gasteiger partial charge in [-0.2, -0.15) is 0 Å². The molecule has 1 aliphatic heterocycles. The molecule has 11 nitrogen and oxygen atoms in total. The maximum atomic E-state index is 13.4. The van der Waals surface area contributed by atoms with E-state index in [-0.39, 0.29) is 31.6 Å². The molecule has 0 unspecified atom stereocenters. The number of benzene rings is 2. The highest BCUT2D eigenvalue weighted by atomic mass is 16.4. The van der Waals surface area contributed by atoms with E-state index in [2.05, 4.69) is 10.6 Å². The second kappa shape index (κ2) is 13.0. The molecule has 204 valence electrons. The fourth-order valence-electron chi connectivity index (χ4n) is 4.42. The van der Waals surface area contributed by atoms with Gasteiger partial charge >= 0.3 is 5.97 Å². The molecular formula is C27H34N4O7. The van der Waals surface area contributed by atoms with Gasteiger partial charge in [-0.15, -0.1) is 0 Å². The van der Waals surface area contributed by atoms with E-state index in [4.69, 9.17) is 5.73 Å². The van der Waals surface area contributed by atoms with Crippen molar-refractivity contribution < 1.29 is 34.5 Å². The maximum absolute atomic E-state index is 13.4. The Morgan fingerprint density at radius 3 is 2.21 bits per heavy atom. The van der Waals surface area contributed by atoms with Gasteiger partial charge in [0.25, 0.3) is 0 Å². The molecule has 0 aliphatic carbocycles. The molecule has 0 saturated carbocycles. The predicted octanol–water partition coefficient (Wildman–Crippen LogP) is -0.0693. The Morgan fingerprint density at radius 1 is 0.974 bits per heavy atom. The van der Waals surface area contributed by atoms with Gasteiger partial charge in [-0.3, -0.25) is 14.4 Å². The van der Waals surface area contributed by atoms with E-state index in [1.807, 2.05) is 30.3 Å². The first-order valence-corrected chi connectivity index (χ1v) is 12.5. The number of nitrogens with one attached hydrogen (secondary N) is 2. The maximum Gasteiger partial charge on any atom is 0.326 e. The summed E-state index contributed by atoms with van der Waals surface area (Å²) in [7, 11) is 0. The van der Waals surface area contributed by atoms with Crippen LogP contribution in [0.5, 0.6) is 5.75 Å². The van der Waals surface area contributed by atoms with Crippen molar-refractivity contribution >= 4 is 23.7 Å². The zero-order chi connectivity index (χ0) is 27.8. The quantitative estimate of drug-likeness (QED) is 0.235. The first-order chi connectivity index (χ1) is 18.1. The monoisotopic (exact) mass is 526 g/mol. The Kier molecular flexibility index (Phi) is 9.80. The largest absolute Gasteiger partial charge is 0.508 e. The van der Waals surface area contributed by atoms with Gasteiger partial charge in [0.1, 0.15) is 23.9 Å². The molecule has 3 rings (SSSR count). The number of likely N-dealkylation sites (tertiary alicyclic amines) is 1. The van der Waals surface area contributed by atoms with Gasteiger partial charge < -0.3 is 36.6 Å². The summed E-state index contributed by atoms with van der Waals surface area (Å²) in [5, 5.41) is 34.5. The molecule has 38 heavy (non-hydrogen) atoms. The van der Waals surface area contributed by atoms with E-state index in [0.29, 0.717) is 12.0 Å². The Labute approximate surface area is 220 Å². The third-order valence-corrected chi connectivity index (χ3v) is 6.51. The van der Waals surface area contributed by atoms with E-state index in [0.717, 1.165) is 10.5 Å². The number of aliphatic hydroxyl groups is 1. The number of hydrogen-bond donors (Lipinski definition) is 6. The minimum absolute atomic E-state index is 0.0120. The van der Waals surface area contributed by atoms with E-state index in [9.17, 15) is 34.5 Å². The lowest BCUT2D eigenvalue weighted by molar-refractivity contribution is -0.150. The first-order valence-electron chi connectivity index (χ1n) is 12.5. The van der Waals surface area contributed by atoms with Gasteiger partial charge in [-0.25, -0.2) is 4.79 Å². The fourth-order valence-corrected chi connectivity index (χ4v) is 4.42. The van der Waals surface area contributed by atoms with Gasteiger partial charge in [0.2, 0.25) is 17.7 Å². The van der Waals surface area contributed by atoms with Crippen LogP contribution in [0.4, 0.5) is 0 Å². The molecule has 0 bridgehead atoms. The van der Waals surface area contributed by atoms with E-state index < -0.39 is 54.0 Å². The molecule has 3 amide bonds. The Bertz CT molecular complexity index is 1120. The van der Waals surface area contributed by atoms with Crippen molar-refractivity contribution in [2.24, 2.45) is 5.73 Å². The standard InChI is InChI=1S/C27H34N4O7/c1-16(32)23(26(36)31-13-5-8-22(31)27(37)38)30-25(35)21(15-18-9-11-19(33)12-10-18)29-24(34)20(28)14-17-6-3-2-4-7-17/h2-4,6-7,9-12,16,20-23,32-33H,5,8,13-15,28H2,1H3,(H,29,34)(H,30,35)(H,37,38)/t16-,20+,21+,22+,23+/m1/s1. The number of nitrogens with zero attached hydrogens (tertiary/aromatic N) is 1. The number of aromatic hydroxyl groups is 1. The molecule has 1 aliphatic rings. The summed E-state index contributed by atoms with van der Waals surface area (Å²) < 4.78 is 0. The van der Waals surface area contributed by atoms with Crippen molar-refractivity contribution in [2.45, 2.75) is 62.9 Å². The average molecular weight is 527 g/mol. The molecule has 1 heterocycles. The van der Waals surface area contributed by atoms with Crippen molar-refractivity contribution in [1.29, 1.82) is 0 Å². The highest BCUT2D eigenvalue weighted by Crippen LogP contribution is 2.19. The van der Waals surface area contributed by atoms with Crippen LogP contribution in [-0.4, -0.2) is 80.7 Å². The fraction of sp³-hybridized carbons (Fsp3) is 0.407. The van der Waals surface area contributed by atoms with Crippen molar-refractivity contribution in [3.63, 3.8) is 0 Å². The third kappa shape index (κ3) is 7.53. The van der Waals surface area contributed by atoms with Crippen LogP contribution in [0.2, 0.25) is 0 Å². The lowest BCUT2D eigenvalue weighted by Crippen LogP contribution is -2.60. The van der Waals surface area contributed by atoms with Crippen LogP contribution < -0.4 is 16.4 Å². The van der Waals surface area contributed by atoms with Gasteiger partial charge in [-0.05, 0) is 49.4 Å². The van der Waals surface area contributed by atoms with Crippen LogP contribution in [0, 0.1) is 0 Å². The Morgan fingerprint density at radius 2 is 1.61 bits per heavy atom. The number of hydrogen-bond acceptors (Lipinski definition) is 7. The van der Waals surface area contributed by atoms with Crippen LogP contribution >= 0.6 is 0 Å². The molecule has 0 radical (unpaired) electrons. The van der Waals surface area contributed by atoms with Crippen LogP contribution in [-0.2, 0) is 32.0 Å². The van der Waals surface area contributed by atoms with Crippen LogP contribution in [0.15, 0.2) is 54.6 Å². The number of phenols is 1. The molecule has 7 N–H and O–H groups in total. The highest BCUT2D eigenvalue weighted by molar-refractivity contribution is 5.94. The minimum Gasteiger partial charge on any atom is -0.508 e. The average Bonchev–Trinajstić information content (AvgIpc) is 3.38. The Hall–Kier alpha value is -3.96. The van der Waals surface area contributed by atoms with E-state index in [1.165, 1.54) is 19.1 Å². The number of rotatable bonds is 11. The number of carbonyl (C=O) groups excluding carboxylic acids is 3. The van der Waals surface area contributed by atoms with E-state index >= 15 is 0 Å². The SMILES string of the molecule is C[C@@H](O)[C@H](NC(=O)[C@H](Cc1ccc(O)cc1)NC(=O)[C@@H](N)Cc1ccccc1)C(=O)N1CCC[C@H]1C(=O)O.